The van der Waals surface area contributed by atoms with E-state index in [9.17, 15) is 5.11 Å². The molecule has 0 aliphatic heterocycles. The van der Waals surface area contributed by atoms with Crippen molar-refractivity contribution in [2.75, 3.05) is 13.2 Å². The van der Waals surface area contributed by atoms with Gasteiger partial charge in [0.15, 0.2) is 0 Å². The minimum absolute atomic E-state index is 0.0326. The van der Waals surface area contributed by atoms with Crippen LogP contribution in [0.2, 0.25) is 0 Å². The van der Waals surface area contributed by atoms with Crippen molar-refractivity contribution in [1.29, 1.82) is 0 Å². The lowest BCUT2D eigenvalue weighted by atomic mass is 9.97. The highest BCUT2D eigenvalue weighted by Gasteiger charge is 2.19. The second kappa shape index (κ2) is 9.44. The van der Waals surface area contributed by atoms with Gasteiger partial charge in [-0.2, -0.15) is 0 Å². The number of rotatable bonds is 9. The Hall–Kier alpha value is -1.58. The average Bonchev–Trinajstić information content (AvgIpc) is 2.50. The van der Waals surface area contributed by atoms with Gasteiger partial charge in [-0.15, -0.1) is 0 Å². The van der Waals surface area contributed by atoms with E-state index in [2.05, 4.69) is 43.1 Å². The maximum Gasteiger partial charge on any atom is 0.101 e. The second-order valence-corrected chi connectivity index (χ2v) is 5.58. The number of aliphatic hydroxyl groups is 1. The quantitative estimate of drug-likeness (QED) is 0.725. The van der Waals surface area contributed by atoms with Crippen LogP contribution in [0.25, 0.3) is 6.08 Å². The summed E-state index contributed by atoms with van der Waals surface area (Å²) in [5.41, 5.74) is 4.45. The van der Waals surface area contributed by atoms with E-state index in [0.29, 0.717) is 6.54 Å². The van der Waals surface area contributed by atoms with Gasteiger partial charge in [-0.1, -0.05) is 43.9 Å². The molecule has 0 fully saturated rings. The van der Waals surface area contributed by atoms with Crippen molar-refractivity contribution in [2.45, 2.75) is 46.3 Å². The molecular formula is C19H29NO2. The van der Waals surface area contributed by atoms with Gasteiger partial charge in [0, 0.05) is 12.2 Å². The Morgan fingerprint density at radius 1 is 1.45 bits per heavy atom. The van der Waals surface area contributed by atoms with E-state index in [4.69, 9.17) is 4.74 Å². The number of nitrogens with one attached hydrogen (secondary N) is 1. The fourth-order valence-electron chi connectivity index (χ4n) is 2.38. The zero-order valence-electron chi connectivity index (χ0n) is 14.2. The van der Waals surface area contributed by atoms with Crippen LogP contribution in [0.4, 0.5) is 0 Å². The topological polar surface area (TPSA) is 41.5 Å². The Morgan fingerprint density at radius 2 is 2.18 bits per heavy atom. The molecule has 122 valence electrons. The van der Waals surface area contributed by atoms with Gasteiger partial charge >= 0.3 is 0 Å². The molecule has 2 atom stereocenters. The van der Waals surface area contributed by atoms with Gasteiger partial charge in [-0.3, -0.25) is 0 Å². The summed E-state index contributed by atoms with van der Waals surface area (Å²) in [4.78, 5) is 0. The van der Waals surface area contributed by atoms with E-state index >= 15 is 0 Å². The molecule has 22 heavy (non-hydrogen) atoms. The number of hydrogen-bond donors (Lipinski definition) is 2. The van der Waals surface area contributed by atoms with Gasteiger partial charge in [0.1, 0.15) is 6.10 Å². The molecule has 0 saturated heterocycles. The molecule has 3 nitrogen and oxygen atoms in total. The molecule has 0 spiro atoms. The van der Waals surface area contributed by atoms with E-state index in [1.165, 1.54) is 11.1 Å². The predicted octanol–water partition coefficient (Wildman–Crippen LogP) is 3.98. The summed E-state index contributed by atoms with van der Waals surface area (Å²) >= 11 is 0. The lowest BCUT2D eigenvalue weighted by molar-refractivity contribution is -0.0406. The summed E-state index contributed by atoms with van der Waals surface area (Å²) in [6.07, 6.45) is 4.65. The molecule has 0 radical (unpaired) electrons. The smallest absolute Gasteiger partial charge is 0.101 e. The van der Waals surface area contributed by atoms with Crippen molar-refractivity contribution in [1.82, 2.24) is 5.32 Å². The molecule has 2 N–H and O–H groups in total. The Balaban J connectivity index is 3.13. The predicted molar refractivity (Wildman–Crippen MR) is 93.7 cm³/mol. The van der Waals surface area contributed by atoms with Gasteiger partial charge in [-0.05, 0) is 43.9 Å². The van der Waals surface area contributed by atoms with Crippen LogP contribution in [0.1, 0.15) is 50.0 Å². The SMILES string of the molecule is C=C(C)NCC(OC(CC)CO)c1cccc(C)c1/C=C\C. The largest absolute Gasteiger partial charge is 0.394 e. The molecule has 0 aliphatic rings. The first kappa shape index (κ1) is 18.5. The Morgan fingerprint density at radius 3 is 2.73 bits per heavy atom. The minimum Gasteiger partial charge on any atom is -0.394 e. The van der Waals surface area contributed by atoms with Crippen molar-refractivity contribution in [3.63, 3.8) is 0 Å². The normalized spacial score (nSPS) is 14.0. The summed E-state index contributed by atoms with van der Waals surface area (Å²) in [7, 11) is 0. The monoisotopic (exact) mass is 303 g/mol. The fraction of sp³-hybridized carbons (Fsp3) is 0.474. The van der Waals surface area contributed by atoms with Gasteiger partial charge in [-0.25, -0.2) is 0 Å². The molecule has 1 aromatic carbocycles. The van der Waals surface area contributed by atoms with E-state index in [1.807, 2.05) is 26.8 Å². The van der Waals surface area contributed by atoms with Crippen LogP contribution in [-0.2, 0) is 4.74 Å². The summed E-state index contributed by atoms with van der Waals surface area (Å²) in [5, 5.41) is 12.7. The van der Waals surface area contributed by atoms with Crippen LogP contribution in [0.3, 0.4) is 0 Å². The Kier molecular flexibility index (Phi) is 7.92. The summed E-state index contributed by atoms with van der Waals surface area (Å²) in [6, 6.07) is 6.25. The molecule has 0 aliphatic carbocycles. The summed E-state index contributed by atoms with van der Waals surface area (Å²) < 4.78 is 6.14. The van der Waals surface area contributed by atoms with Crippen LogP contribution in [-0.4, -0.2) is 24.4 Å². The van der Waals surface area contributed by atoms with Gasteiger partial charge in [0.05, 0.1) is 12.7 Å². The van der Waals surface area contributed by atoms with Crippen LogP contribution in [0.5, 0.6) is 0 Å². The Bertz CT molecular complexity index is 504. The number of aryl methyl sites for hydroxylation is 1. The van der Waals surface area contributed by atoms with Gasteiger partial charge < -0.3 is 15.2 Å². The molecule has 1 aromatic rings. The molecule has 0 bridgehead atoms. The molecule has 0 amide bonds. The van der Waals surface area contributed by atoms with Gasteiger partial charge in [0.25, 0.3) is 0 Å². The van der Waals surface area contributed by atoms with E-state index in [-0.39, 0.29) is 18.8 Å². The van der Waals surface area contributed by atoms with Crippen molar-refractivity contribution in [3.8, 4) is 0 Å². The second-order valence-electron chi connectivity index (χ2n) is 5.58. The van der Waals surface area contributed by atoms with Crippen molar-refractivity contribution >= 4 is 6.08 Å². The van der Waals surface area contributed by atoms with Crippen LogP contribution in [0.15, 0.2) is 36.6 Å². The molecule has 2 unspecified atom stereocenters. The van der Waals surface area contributed by atoms with Gasteiger partial charge in [0.2, 0.25) is 0 Å². The summed E-state index contributed by atoms with van der Waals surface area (Å²) in [6.45, 7) is 12.6. The first-order valence-electron chi connectivity index (χ1n) is 7.91. The standard InChI is InChI=1S/C19H29NO2/c1-6-9-17-15(5)10-8-11-18(17)19(12-20-14(3)4)22-16(7-2)13-21/h6,8-11,16,19-21H,3,7,12-13H2,1-2,4-5H3/b9-6-. The zero-order valence-corrected chi connectivity index (χ0v) is 14.2. The Labute approximate surface area is 134 Å². The highest BCUT2D eigenvalue weighted by atomic mass is 16.5. The maximum atomic E-state index is 9.45. The number of allylic oxidation sites excluding steroid dienone is 2. The summed E-state index contributed by atoms with van der Waals surface area (Å²) in [5.74, 6) is 0. The molecule has 1 rings (SSSR count). The number of hydrogen-bond acceptors (Lipinski definition) is 3. The van der Waals surface area contributed by atoms with E-state index in [0.717, 1.165) is 17.7 Å². The minimum atomic E-state index is -0.157. The van der Waals surface area contributed by atoms with Crippen molar-refractivity contribution in [2.24, 2.45) is 0 Å². The fourth-order valence-corrected chi connectivity index (χ4v) is 2.38. The van der Waals surface area contributed by atoms with Crippen LogP contribution >= 0.6 is 0 Å². The first-order chi connectivity index (χ1) is 10.5. The van der Waals surface area contributed by atoms with E-state index in [1.54, 1.807) is 0 Å². The zero-order chi connectivity index (χ0) is 16.5. The third-order valence-corrected chi connectivity index (χ3v) is 3.64. The number of ether oxygens (including phenoxy) is 1. The maximum absolute atomic E-state index is 9.45. The van der Waals surface area contributed by atoms with Crippen molar-refractivity contribution < 1.29 is 9.84 Å². The first-order valence-corrected chi connectivity index (χ1v) is 7.91. The third-order valence-electron chi connectivity index (χ3n) is 3.64. The lowest BCUT2D eigenvalue weighted by Crippen LogP contribution is -2.28. The average molecular weight is 303 g/mol. The molecule has 3 heteroatoms. The van der Waals surface area contributed by atoms with Crippen molar-refractivity contribution in [3.05, 3.63) is 53.2 Å². The highest BCUT2D eigenvalue weighted by molar-refractivity contribution is 5.58. The lowest BCUT2D eigenvalue weighted by Gasteiger charge is -2.26. The molecule has 0 saturated carbocycles. The molecular weight excluding hydrogens is 274 g/mol. The van der Waals surface area contributed by atoms with Crippen LogP contribution in [0, 0.1) is 6.92 Å². The number of aliphatic hydroxyl groups excluding tert-OH is 1. The van der Waals surface area contributed by atoms with E-state index < -0.39 is 0 Å². The highest BCUT2D eigenvalue weighted by Crippen LogP contribution is 2.27. The third kappa shape index (κ3) is 5.32. The van der Waals surface area contributed by atoms with Crippen LogP contribution < -0.4 is 5.32 Å². The molecule has 0 heterocycles. The number of benzene rings is 1. The molecule has 0 aromatic heterocycles.